The van der Waals surface area contributed by atoms with Crippen LogP contribution in [0.15, 0.2) is 113 Å². The first-order valence-electron chi connectivity index (χ1n) is 12.5. The minimum Gasteiger partial charge on any atom is -0.507 e. The molecule has 182 valence electrons. The minimum absolute atomic E-state index is 0.119. The molecule has 0 amide bonds. The monoisotopic (exact) mass is 485 g/mol. The number of para-hydroxylation sites is 1. The van der Waals surface area contributed by atoms with Gasteiger partial charge < -0.3 is 15.1 Å². The highest BCUT2D eigenvalue weighted by Crippen LogP contribution is 2.29. The van der Waals surface area contributed by atoms with Crippen LogP contribution < -0.4 is 4.90 Å². The molecule has 2 N–H and O–H groups in total. The molecule has 0 radical (unpaired) electrons. The fourth-order valence-corrected chi connectivity index (χ4v) is 5.09. The predicted molar refractivity (Wildman–Crippen MR) is 153 cm³/mol. The van der Waals surface area contributed by atoms with Crippen LogP contribution in [0.2, 0.25) is 0 Å². The zero-order valence-electron chi connectivity index (χ0n) is 20.3. The van der Waals surface area contributed by atoms with Crippen LogP contribution in [0.3, 0.4) is 0 Å². The van der Waals surface area contributed by atoms with E-state index in [0.717, 1.165) is 27.2 Å². The zero-order chi connectivity index (χ0) is 25.2. The van der Waals surface area contributed by atoms with Gasteiger partial charge in [0.2, 0.25) is 0 Å². The summed E-state index contributed by atoms with van der Waals surface area (Å²) in [7, 11) is 0. The van der Waals surface area contributed by atoms with Gasteiger partial charge in [0.05, 0.1) is 12.1 Å². The maximum atomic E-state index is 10.6. The van der Waals surface area contributed by atoms with Gasteiger partial charge in [0.25, 0.3) is 0 Å². The Labute approximate surface area is 215 Å². The lowest BCUT2D eigenvalue weighted by Gasteiger charge is -2.17. The Bertz CT molecular complexity index is 1520. The van der Waals surface area contributed by atoms with Crippen LogP contribution in [-0.2, 0) is 0 Å². The highest BCUT2D eigenvalue weighted by molar-refractivity contribution is 6.03. The van der Waals surface area contributed by atoms with E-state index >= 15 is 0 Å². The lowest BCUT2D eigenvalue weighted by Crippen LogP contribution is -2.20. The fourth-order valence-electron chi connectivity index (χ4n) is 5.09. The summed E-state index contributed by atoms with van der Waals surface area (Å²) in [6, 6.07) is 33.3. The van der Waals surface area contributed by atoms with Gasteiger partial charge in [0.15, 0.2) is 0 Å². The largest absolute Gasteiger partial charge is 0.507 e. The molecule has 5 aromatic carbocycles. The Morgan fingerprint density at radius 1 is 0.568 bits per heavy atom. The molecule has 5 nitrogen and oxygen atoms in total. The third kappa shape index (κ3) is 4.52. The van der Waals surface area contributed by atoms with Gasteiger partial charge in [-0.3, -0.25) is 9.98 Å². The van der Waals surface area contributed by atoms with Crippen LogP contribution in [0.5, 0.6) is 11.5 Å². The van der Waals surface area contributed by atoms with Gasteiger partial charge >= 0.3 is 0 Å². The highest BCUT2D eigenvalue weighted by atomic mass is 16.3. The van der Waals surface area contributed by atoms with E-state index < -0.39 is 0 Å². The van der Waals surface area contributed by atoms with Crippen LogP contribution >= 0.6 is 0 Å². The van der Waals surface area contributed by atoms with Gasteiger partial charge in [-0.05, 0) is 45.8 Å². The van der Waals surface area contributed by atoms with Crippen LogP contribution in [0.1, 0.15) is 11.1 Å². The van der Waals surface area contributed by atoms with Crippen molar-refractivity contribution in [2.75, 3.05) is 18.0 Å². The molecule has 1 heterocycles. The van der Waals surface area contributed by atoms with E-state index in [1.807, 2.05) is 78.9 Å². The normalized spacial score (nSPS) is 18.0. The molecule has 1 fully saturated rings. The molecule has 0 bridgehead atoms. The summed E-state index contributed by atoms with van der Waals surface area (Å²) in [5.41, 5.74) is 2.55. The molecule has 0 spiro atoms. The number of benzene rings is 5. The number of phenolic OH excluding ortho intramolecular Hbond substituents is 2. The van der Waals surface area contributed by atoms with E-state index in [1.54, 1.807) is 24.6 Å². The van der Waals surface area contributed by atoms with Gasteiger partial charge in [-0.15, -0.1) is 0 Å². The number of hydrogen-bond donors (Lipinski definition) is 2. The topological polar surface area (TPSA) is 68.4 Å². The predicted octanol–water partition coefficient (Wildman–Crippen LogP) is 6.20. The Kier molecular flexibility index (Phi) is 6.03. The number of aromatic hydroxyl groups is 2. The molecule has 0 unspecified atom stereocenters. The Morgan fingerprint density at radius 2 is 1.03 bits per heavy atom. The summed E-state index contributed by atoms with van der Waals surface area (Å²) >= 11 is 0. The van der Waals surface area contributed by atoms with Crippen molar-refractivity contribution >= 4 is 39.7 Å². The first-order valence-corrected chi connectivity index (χ1v) is 12.5. The van der Waals surface area contributed by atoms with E-state index in [9.17, 15) is 10.2 Å². The fraction of sp³-hybridized carbons (Fsp3) is 0.125. The molecule has 2 atom stereocenters. The van der Waals surface area contributed by atoms with Gasteiger partial charge in [0.1, 0.15) is 11.5 Å². The lowest BCUT2D eigenvalue weighted by atomic mass is 10.0. The van der Waals surface area contributed by atoms with Gasteiger partial charge in [-0.1, -0.05) is 78.9 Å². The third-order valence-corrected chi connectivity index (χ3v) is 7.07. The molecule has 37 heavy (non-hydrogen) atoms. The molecule has 6 rings (SSSR count). The van der Waals surface area contributed by atoms with E-state index in [2.05, 4.69) is 17.0 Å². The van der Waals surface area contributed by atoms with Crippen LogP contribution in [0.25, 0.3) is 21.5 Å². The molecule has 1 aliphatic heterocycles. The molecule has 1 saturated heterocycles. The zero-order valence-corrected chi connectivity index (χ0v) is 20.3. The average molecular weight is 486 g/mol. The van der Waals surface area contributed by atoms with Gasteiger partial charge in [-0.2, -0.15) is 0 Å². The van der Waals surface area contributed by atoms with E-state index in [0.29, 0.717) is 24.2 Å². The number of hydrogen-bond acceptors (Lipinski definition) is 5. The smallest absolute Gasteiger partial charge is 0.124 e. The van der Waals surface area contributed by atoms with Crippen molar-refractivity contribution in [3.8, 4) is 11.5 Å². The number of aliphatic imine (C=N–C) groups is 2. The number of anilines is 1. The second kappa shape index (κ2) is 9.78. The number of nitrogens with zero attached hydrogens (tertiary/aromatic N) is 3. The van der Waals surface area contributed by atoms with Crippen LogP contribution in [0, 0.1) is 0 Å². The van der Waals surface area contributed by atoms with E-state index in [-0.39, 0.29) is 23.6 Å². The summed E-state index contributed by atoms with van der Waals surface area (Å²) in [6.45, 7) is 1.41. The van der Waals surface area contributed by atoms with Crippen molar-refractivity contribution in [2.45, 2.75) is 12.1 Å². The second-order valence-corrected chi connectivity index (χ2v) is 9.37. The molecule has 1 aliphatic rings. The second-order valence-electron chi connectivity index (χ2n) is 9.37. The Morgan fingerprint density at radius 3 is 1.54 bits per heavy atom. The third-order valence-electron chi connectivity index (χ3n) is 7.07. The van der Waals surface area contributed by atoms with Crippen molar-refractivity contribution in [3.05, 3.63) is 114 Å². The van der Waals surface area contributed by atoms with Crippen molar-refractivity contribution in [1.29, 1.82) is 0 Å². The molecule has 0 aliphatic carbocycles. The van der Waals surface area contributed by atoms with Crippen LogP contribution in [0.4, 0.5) is 5.69 Å². The lowest BCUT2D eigenvalue weighted by molar-refractivity contribution is 0.474. The summed E-state index contributed by atoms with van der Waals surface area (Å²) in [6.07, 6.45) is 3.57. The van der Waals surface area contributed by atoms with Crippen molar-refractivity contribution in [3.63, 3.8) is 0 Å². The number of fused-ring (bicyclic) bond motifs is 2. The number of rotatable bonds is 5. The van der Waals surface area contributed by atoms with Gasteiger partial charge in [0, 0.05) is 42.3 Å². The molecule has 0 aromatic heterocycles. The standard InChI is InChI=1S/C32H27N3O2/c36-31-16-14-22-8-4-6-12-25(22)27(31)18-33-29-20-35(24-10-2-1-3-11-24)21-30(29)34-19-28-26-13-7-5-9-23(26)15-17-32(28)37/h1-19,29-30,36-37H,20-21H2/t29-,30-/m1/s1. The maximum Gasteiger partial charge on any atom is 0.124 e. The molecular weight excluding hydrogens is 458 g/mol. The SMILES string of the molecule is Oc1ccc2ccccc2c1C=N[C@@H]1CN(c2ccccc2)C[C@H]1N=Cc1c(O)ccc2ccccc12. The summed E-state index contributed by atoms with van der Waals surface area (Å²) in [5.74, 6) is 0.419. The maximum absolute atomic E-state index is 10.6. The van der Waals surface area contributed by atoms with Gasteiger partial charge in [-0.25, -0.2) is 0 Å². The molecular formula is C32H27N3O2. The first kappa shape index (κ1) is 22.8. The molecule has 5 heteroatoms. The van der Waals surface area contributed by atoms with Crippen molar-refractivity contribution in [2.24, 2.45) is 9.98 Å². The van der Waals surface area contributed by atoms with Crippen molar-refractivity contribution in [1.82, 2.24) is 0 Å². The highest BCUT2D eigenvalue weighted by Gasteiger charge is 2.32. The summed E-state index contributed by atoms with van der Waals surface area (Å²) < 4.78 is 0. The average Bonchev–Trinajstić information content (AvgIpc) is 3.35. The summed E-state index contributed by atoms with van der Waals surface area (Å²) in [4.78, 5) is 12.2. The Hall–Kier alpha value is -4.64. The quantitative estimate of drug-likeness (QED) is 0.291. The van der Waals surface area contributed by atoms with Crippen LogP contribution in [-0.4, -0.2) is 47.8 Å². The molecule has 0 saturated carbocycles. The molecule has 5 aromatic rings. The van der Waals surface area contributed by atoms with E-state index in [4.69, 9.17) is 9.98 Å². The van der Waals surface area contributed by atoms with Crippen molar-refractivity contribution < 1.29 is 10.2 Å². The Balaban J connectivity index is 1.36. The summed E-state index contributed by atoms with van der Waals surface area (Å²) in [5, 5.41) is 25.2. The minimum atomic E-state index is -0.119. The van der Waals surface area contributed by atoms with E-state index in [1.165, 1.54) is 0 Å². The first-order chi connectivity index (χ1) is 18.2. The number of phenols is 2.